The molecule has 6 heteroatoms. The summed E-state index contributed by atoms with van der Waals surface area (Å²) in [5.41, 5.74) is -0.490. The van der Waals surface area contributed by atoms with Gasteiger partial charge in [-0.1, -0.05) is 6.42 Å². The first-order valence-electron chi connectivity index (χ1n) is 8.85. The first-order chi connectivity index (χ1) is 10.8. The van der Waals surface area contributed by atoms with Gasteiger partial charge in [0.05, 0.1) is 0 Å². The number of hydrogen-bond acceptors (Lipinski definition) is 4. The Hall–Kier alpha value is -1.30. The summed E-state index contributed by atoms with van der Waals surface area (Å²) in [5.74, 6) is 0.0911. The predicted octanol–water partition coefficient (Wildman–Crippen LogP) is 2.03. The Balaban J connectivity index is 1.59. The highest BCUT2D eigenvalue weighted by Gasteiger charge is 2.35. The fourth-order valence-corrected chi connectivity index (χ4v) is 3.45. The Morgan fingerprint density at radius 3 is 2.70 bits per heavy atom. The normalized spacial score (nSPS) is 24.8. The van der Waals surface area contributed by atoms with Crippen molar-refractivity contribution in [3.63, 3.8) is 0 Å². The van der Waals surface area contributed by atoms with Gasteiger partial charge in [-0.15, -0.1) is 0 Å². The summed E-state index contributed by atoms with van der Waals surface area (Å²) in [6.07, 6.45) is 5.47. The number of rotatable bonds is 5. The van der Waals surface area contributed by atoms with Gasteiger partial charge in [-0.3, -0.25) is 9.69 Å². The van der Waals surface area contributed by atoms with Gasteiger partial charge < -0.3 is 15.4 Å². The smallest absolute Gasteiger partial charge is 0.407 e. The monoisotopic (exact) mass is 325 g/mol. The van der Waals surface area contributed by atoms with Crippen molar-refractivity contribution in [1.82, 2.24) is 15.5 Å². The summed E-state index contributed by atoms with van der Waals surface area (Å²) in [7, 11) is 0. The standard InChI is InChI=1S/C17H31N3O3/c1-17(2,3)23-16(22)18-10-6-8-15(21)19-13-9-12-20-11-5-4-7-14(13)20/h13-14H,4-12H2,1-3H3,(H,18,22)(H,19,21). The second kappa shape index (κ2) is 7.99. The molecule has 2 unspecified atom stereocenters. The van der Waals surface area contributed by atoms with Crippen molar-refractivity contribution in [2.75, 3.05) is 19.6 Å². The van der Waals surface area contributed by atoms with E-state index in [1.54, 1.807) is 0 Å². The van der Waals surface area contributed by atoms with Crippen LogP contribution in [0.4, 0.5) is 4.79 Å². The molecule has 2 fully saturated rings. The molecule has 132 valence electrons. The zero-order chi connectivity index (χ0) is 16.9. The van der Waals surface area contributed by atoms with Crippen molar-refractivity contribution in [3.8, 4) is 0 Å². The number of ether oxygens (including phenoxy) is 1. The summed E-state index contributed by atoms with van der Waals surface area (Å²) in [5, 5.41) is 5.86. The maximum Gasteiger partial charge on any atom is 0.407 e. The minimum Gasteiger partial charge on any atom is -0.444 e. The lowest BCUT2D eigenvalue weighted by Crippen LogP contribution is -2.46. The molecule has 6 nitrogen and oxygen atoms in total. The molecule has 0 aromatic heterocycles. The third-order valence-corrected chi connectivity index (χ3v) is 4.45. The average molecular weight is 325 g/mol. The van der Waals surface area contributed by atoms with Crippen molar-refractivity contribution in [2.24, 2.45) is 0 Å². The molecule has 0 aromatic carbocycles. The highest BCUT2D eigenvalue weighted by molar-refractivity contribution is 5.76. The van der Waals surface area contributed by atoms with Crippen LogP contribution >= 0.6 is 0 Å². The summed E-state index contributed by atoms with van der Waals surface area (Å²) >= 11 is 0. The van der Waals surface area contributed by atoms with Gasteiger partial charge in [-0.05, 0) is 53.0 Å². The quantitative estimate of drug-likeness (QED) is 0.759. The third-order valence-electron chi connectivity index (χ3n) is 4.45. The fourth-order valence-electron chi connectivity index (χ4n) is 3.45. The first kappa shape index (κ1) is 18.0. The molecule has 2 aliphatic rings. The molecule has 23 heavy (non-hydrogen) atoms. The molecule has 2 rings (SSSR count). The zero-order valence-corrected chi connectivity index (χ0v) is 14.7. The second-order valence-corrected chi connectivity index (χ2v) is 7.59. The van der Waals surface area contributed by atoms with Crippen LogP contribution in [0.3, 0.4) is 0 Å². The second-order valence-electron chi connectivity index (χ2n) is 7.59. The molecule has 0 aromatic rings. The Morgan fingerprint density at radius 1 is 1.17 bits per heavy atom. The SMILES string of the molecule is CC(C)(C)OC(=O)NCCCC(=O)NC1CCN2CCCCC12. The van der Waals surface area contributed by atoms with Gasteiger partial charge in [0.15, 0.2) is 0 Å². The van der Waals surface area contributed by atoms with E-state index in [1.807, 2.05) is 20.8 Å². The molecule has 2 aliphatic heterocycles. The number of piperidine rings is 1. The minimum absolute atomic E-state index is 0.0911. The lowest BCUT2D eigenvalue weighted by Gasteiger charge is -2.32. The van der Waals surface area contributed by atoms with Gasteiger partial charge in [0.25, 0.3) is 0 Å². The fraction of sp³-hybridized carbons (Fsp3) is 0.882. The van der Waals surface area contributed by atoms with Crippen molar-refractivity contribution in [3.05, 3.63) is 0 Å². The third kappa shape index (κ3) is 6.01. The van der Waals surface area contributed by atoms with Gasteiger partial charge in [-0.25, -0.2) is 4.79 Å². The van der Waals surface area contributed by atoms with E-state index >= 15 is 0 Å². The van der Waals surface area contributed by atoms with Crippen molar-refractivity contribution in [2.45, 2.75) is 77.0 Å². The minimum atomic E-state index is -0.490. The van der Waals surface area contributed by atoms with Crippen LogP contribution in [0.15, 0.2) is 0 Å². The molecule has 2 heterocycles. The van der Waals surface area contributed by atoms with Crippen LogP contribution in [0.1, 0.15) is 59.3 Å². The number of hydrogen-bond donors (Lipinski definition) is 2. The van der Waals surface area contributed by atoms with E-state index < -0.39 is 11.7 Å². The molecular weight excluding hydrogens is 294 g/mol. The number of amides is 2. The topological polar surface area (TPSA) is 70.7 Å². The van der Waals surface area contributed by atoms with Crippen LogP contribution in [-0.4, -0.2) is 54.2 Å². The molecule has 2 atom stereocenters. The van der Waals surface area contributed by atoms with Crippen LogP contribution in [0.25, 0.3) is 0 Å². The maximum atomic E-state index is 12.1. The van der Waals surface area contributed by atoms with E-state index in [0.717, 1.165) is 13.0 Å². The van der Waals surface area contributed by atoms with E-state index in [2.05, 4.69) is 15.5 Å². The molecule has 0 bridgehead atoms. The van der Waals surface area contributed by atoms with Gasteiger partial charge in [-0.2, -0.15) is 0 Å². The zero-order valence-electron chi connectivity index (χ0n) is 14.7. The number of fused-ring (bicyclic) bond motifs is 1. The summed E-state index contributed by atoms with van der Waals surface area (Å²) in [6.45, 7) is 8.23. The Morgan fingerprint density at radius 2 is 1.96 bits per heavy atom. The number of nitrogens with one attached hydrogen (secondary N) is 2. The lowest BCUT2D eigenvalue weighted by molar-refractivity contribution is -0.122. The molecular formula is C17H31N3O3. The molecule has 0 spiro atoms. The van der Waals surface area contributed by atoms with Gasteiger partial charge in [0.2, 0.25) is 5.91 Å². The van der Waals surface area contributed by atoms with Crippen molar-refractivity contribution in [1.29, 1.82) is 0 Å². The van der Waals surface area contributed by atoms with E-state index in [-0.39, 0.29) is 5.91 Å². The van der Waals surface area contributed by atoms with Gasteiger partial charge >= 0.3 is 6.09 Å². The van der Waals surface area contributed by atoms with Crippen molar-refractivity contribution < 1.29 is 14.3 Å². The Kier molecular flexibility index (Phi) is 6.27. The number of carbonyl (C=O) groups excluding carboxylic acids is 2. The van der Waals surface area contributed by atoms with Gasteiger partial charge in [0, 0.05) is 31.6 Å². The van der Waals surface area contributed by atoms with Crippen LogP contribution < -0.4 is 10.6 Å². The Labute approximate surface area is 139 Å². The summed E-state index contributed by atoms with van der Waals surface area (Å²) < 4.78 is 5.16. The average Bonchev–Trinajstić information content (AvgIpc) is 2.85. The number of nitrogens with zero attached hydrogens (tertiary/aromatic N) is 1. The van der Waals surface area contributed by atoms with Crippen LogP contribution in [0, 0.1) is 0 Å². The van der Waals surface area contributed by atoms with E-state index in [1.165, 1.54) is 25.8 Å². The largest absolute Gasteiger partial charge is 0.444 e. The summed E-state index contributed by atoms with van der Waals surface area (Å²) in [6, 6.07) is 0.842. The molecule has 2 N–H and O–H groups in total. The molecule has 0 saturated carbocycles. The van der Waals surface area contributed by atoms with E-state index in [4.69, 9.17) is 4.74 Å². The first-order valence-corrected chi connectivity index (χ1v) is 8.85. The van der Waals surface area contributed by atoms with Crippen LogP contribution in [-0.2, 0) is 9.53 Å². The number of alkyl carbamates (subject to hydrolysis) is 1. The van der Waals surface area contributed by atoms with Crippen molar-refractivity contribution >= 4 is 12.0 Å². The Bertz CT molecular complexity index is 420. The summed E-state index contributed by atoms with van der Waals surface area (Å²) in [4.78, 5) is 26.1. The molecule has 0 radical (unpaired) electrons. The molecule has 0 aliphatic carbocycles. The van der Waals surface area contributed by atoms with Crippen LogP contribution in [0.2, 0.25) is 0 Å². The van der Waals surface area contributed by atoms with E-state index in [0.29, 0.717) is 31.5 Å². The van der Waals surface area contributed by atoms with E-state index in [9.17, 15) is 9.59 Å². The van der Waals surface area contributed by atoms with Crippen LogP contribution in [0.5, 0.6) is 0 Å². The maximum absolute atomic E-state index is 12.1. The van der Waals surface area contributed by atoms with Gasteiger partial charge in [0.1, 0.15) is 5.60 Å². The predicted molar refractivity (Wildman–Crippen MR) is 89.2 cm³/mol. The highest BCUT2D eigenvalue weighted by Crippen LogP contribution is 2.27. The molecule has 2 saturated heterocycles. The molecule has 2 amide bonds. The highest BCUT2D eigenvalue weighted by atomic mass is 16.6. The lowest BCUT2D eigenvalue weighted by atomic mass is 9.99. The number of carbonyl (C=O) groups is 2.